The molecule has 0 aliphatic carbocycles. The molecule has 0 heterocycles. The van der Waals surface area contributed by atoms with Gasteiger partial charge in [-0.25, -0.2) is 0 Å². The van der Waals surface area contributed by atoms with Gasteiger partial charge in [0, 0.05) is 13.7 Å². The standard InChI is InChI=1S/C7H16O3/c1-3-6(8)7(9)4-5-10-2/h6-9H,3-5H2,1-2H3. The van der Waals surface area contributed by atoms with E-state index in [1.165, 1.54) is 0 Å². The molecule has 0 bridgehead atoms. The Balaban J connectivity index is 3.31. The first-order valence-corrected chi connectivity index (χ1v) is 3.57. The van der Waals surface area contributed by atoms with E-state index in [2.05, 4.69) is 0 Å². The molecule has 10 heavy (non-hydrogen) atoms. The summed E-state index contributed by atoms with van der Waals surface area (Å²) in [6.07, 6.45) is -0.142. The average molecular weight is 148 g/mol. The van der Waals surface area contributed by atoms with Gasteiger partial charge in [0.05, 0.1) is 12.2 Å². The van der Waals surface area contributed by atoms with Gasteiger partial charge in [-0.15, -0.1) is 0 Å². The van der Waals surface area contributed by atoms with Crippen molar-refractivity contribution in [3.05, 3.63) is 0 Å². The third-order valence-corrected chi connectivity index (χ3v) is 1.48. The number of aliphatic hydroxyl groups is 2. The molecule has 0 saturated carbocycles. The van der Waals surface area contributed by atoms with Gasteiger partial charge in [-0.2, -0.15) is 0 Å². The second-order valence-corrected chi connectivity index (χ2v) is 2.32. The fourth-order valence-electron chi connectivity index (χ4n) is 0.703. The van der Waals surface area contributed by atoms with Gasteiger partial charge in [0.25, 0.3) is 0 Å². The van der Waals surface area contributed by atoms with Crippen LogP contribution >= 0.6 is 0 Å². The van der Waals surface area contributed by atoms with Crippen molar-refractivity contribution in [3.63, 3.8) is 0 Å². The third-order valence-electron chi connectivity index (χ3n) is 1.48. The Labute approximate surface area is 61.6 Å². The molecule has 0 aliphatic rings. The minimum absolute atomic E-state index is 0.498. The van der Waals surface area contributed by atoms with E-state index in [-0.39, 0.29) is 0 Å². The number of ether oxygens (including phenoxy) is 1. The van der Waals surface area contributed by atoms with Crippen LogP contribution in [0.25, 0.3) is 0 Å². The monoisotopic (exact) mass is 148 g/mol. The number of hydrogen-bond acceptors (Lipinski definition) is 3. The van der Waals surface area contributed by atoms with E-state index in [1.54, 1.807) is 7.11 Å². The molecule has 2 N–H and O–H groups in total. The Morgan fingerprint density at radius 2 is 1.90 bits per heavy atom. The summed E-state index contributed by atoms with van der Waals surface area (Å²) < 4.78 is 4.74. The minimum Gasteiger partial charge on any atom is -0.390 e. The normalized spacial score (nSPS) is 16.8. The summed E-state index contributed by atoms with van der Waals surface area (Å²) in [4.78, 5) is 0. The van der Waals surface area contributed by atoms with Crippen LogP contribution in [0.4, 0.5) is 0 Å². The van der Waals surface area contributed by atoms with E-state index in [0.717, 1.165) is 0 Å². The lowest BCUT2D eigenvalue weighted by Crippen LogP contribution is -2.26. The van der Waals surface area contributed by atoms with Crippen LogP contribution in [0.15, 0.2) is 0 Å². The molecular formula is C7H16O3. The molecule has 0 saturated heterocycles. The van der Waals surface area contributed by atoms with E-state index in [4.69, 9.17) is 14.9 Å². The zero-order valence-electron chi connectivity index (χ0n) is 6.58. The van der Waals surface area contributed by atoms with Gasteiger partial charge in [-0.05, 0) is 12.8 Å². The van der Waals surface area contributed by atoms with E-state index in [9.17, 15) is 0 Å². The highest BCUT2D eigenvalue weighted by Gasteiger charge is 2.12. The number of rotatable bonds is 5. The lowest BCUT2D eigenvalue weighted by atomic mass is 10.1. The van der Waals surface area contributed by atoms with Crippen molar-refractivity contribution in [2.45, 2.75) is 32.0 Å². The third kappa shape index (κ3) is 3.82. The molecule has 0 aromatic carbocycles. The maximum atomic E-state index is 9.12. The van der Waals surface area contributed by atoms with Gasteiger partial charge < -0.3 is 14.9 Å². The topological polar surface area (TPSA) is 49.7 Å². The van der Waals surface area contributed by atoms with Crippen LogP contribution < -0.4 is 0 Å². The Kier molecular flexibility index (Phi) is 5.58. The summed E-state index contributed by atoms with van der Waals surface area (Å²) in [7, 11) is 1.57. The van der Waals surface area contributed by atoms with Gasteiger partial charge in [0.2, 0.25) is 0 Å². The van der Waals surface area contributed by atoms with Crippen LogP contribution in [0.3, 0.4) is 0 Å². The second kappa shape index (κ2) is 5.65. The van der Waals surface area contributed by atoms with E-state index < -0.39 is 12.2 Å². The fraction of sp³-hybridized carbons (Fsp3) is 1.00. The molecule has 0 fully saturated rings. The SMILES string of the molecule is CCC(O)C(O)CCOC. The van der Waals surface area contributed by atoms with Gasteiger partial charge in [0.1, 0.15) is 0 Å². The number of methoxy groups -OCH3 is 1. The molecule has 0 spiro atoms. The van der Waals surface area contributed by atoms with Crippen LogP contribution in [-0.2, 0) is 4.74 Å². The van der Waals surface area contributed by atoms with Crippen LogP contribution in [0.2, 0.25) is 0 Å². The molecule has 0 aromatic rings. The Morgan fingerprint density at radius 3 is 2.30 bits per heavy atom. The smallest absolute Gasteiger partial charge is 0.0820 e. The molecule has 0 amide bonds. The van der Waals surface area contributed by atoms with Gasteiger partial charge in [-0.1, -0.05) is 6.92 Å². The Morgan fingerprint density at radius 1 is 1.30 bits per heavy atom. The second-order valence-electron chi connectivity index (χ2n) is 2.32. The summed E-state index contributed by atoms with van der Waals surface area (Å²) in [6, 6.07) is 0. The van der Waals surface area contributed by atoms with E-state index in [1.807, 2.05) is 6.92 Å². The Hall–Kier alpha value is -0.120. The molecule has 62 valence electrons. The molecule has 3 nitrogen and oxygen atoms in total. The fourth-order valence-corrected chi connectivity index (χ4v) is 0.703. The first-order chi connectivity index (χ1) is 4.72. The minimum atomic E-state index is -0.634. The van der Waals surface area contributed by atoms with Gasteiger partial charge in [0.15, 0.2) is 0 Å². The molecule has 2 atom stereocenters. The summed E-state index contributed by atoms with van der Waals surface area (Å²) in [5, 5.41) is 18.2. The van der Waals surface area contributed by atoms with Crippen molar-refractivity contribution < 1.29 is 14.9 Å². The van der Waals surface area contributed by atoms with Crippen LogP contribution in [0, 0.1) is 0 Å². The van der Waals surface area contributed by atoms with Crippen LogP contribution in [0.1, 0.15) is 19.8 Å². The molecule has 2 unspecified atom stereocenters. The maximum Gasteiger partial charge on any atom is 0.0820 e. The van der Waals surface area contributed by atoms with Crippen molar-refractivity contribution in [2.75, 3.05) is 13.7 Å². The van der Waals surface area contributed by atoms with Crippen molar-refractivity contribution >= 4 is 0 Å². The quantitative estimate of drug-likeness (QED) is 0.583. The molecule has 0 rings (SSSR count). The highest BCUT2D eigenvalue weighted by atomic mass is 16.5. The summed E-state index contributed by atoms with van der Waals surface area (Å²) >= 11 is 0. The van der Waals surface area contributed by atoms with Crippen molar-refractivity contribution in [3.8, 4) is 0 Å². The van der Waals surface area contributed by atoms with Crippen molar-refractivity contribution in [1.82, 2.24) is 0 Å². The molecule has 0 radical (unpaired) electrons. The van der Waals surface area contributed by atoms with Gasteiger partial charge >= 0.3 is 0 Å². The van der Waals surface area contributed by atoms with E-state index in [0.29, 0.717) is 19.4 Å². The largest absolute Gasteiger partial charge is 0.390 e. The summed E-state index contributed by atoms with van der Waals surface area (Å²) in [5.74, 6) is 0. The summed E-state index contributed by atoms with van der Waals surface area (Å²) in [5.41, 5.74) is 0. The highest BCUT2D eigenvalue weighted by molar-refractivity contribution is 4.64. The van der Waals surface area contributed by atoms with Crippen LogP contribution in [0.5, 0.6) is 0 Å². The zero-order chi connectivity index (χ0) is 7.98. The average Bonchev–Trinajstić information content (AvgIpc) is 1.98. The maximum absolute atomic E-state index is 9.12. The molecule has 0 aliphatic heterocycles. The zero-order valence-corrected chi connectivity index (χ0v) is 6.58. The van der Waals surface area contributed by atoms with Crippen molar-refractivity contribution in [1.29, 1.82) is 0 Å². The van der Waals surface area contributed by atoms with Gasteiger partial charge in [-0.3, -0.25) is 0 Å². The number of aliphatic hydroxyl groups excluding tert-OH is 2. The van der Waals surface area contributed by atoms with E-state index >= 15 is 0 Å². The first-order valence-electron chi connectivity index (χ1n) is 3.57. The molecule has 3 heteroatoms. The Bertz CT molecular complexity index is 75.3. The first kappa shape index (κ1) is 9.88. The predicted octanol–water partition coefficient (Wildman–Crippen LogP) is 0.155. The summed E-state index contributed by atoms with van der Waals surface area (Å²) in [6.45, 7) is 2.33. The lowest BCUT2D eigenvalue weighted by Gasteiger charge is -2.14. The lowest BCUT2D eigenvalue weighted by molar-refractivity contribution is -0.000536. The predicted molar refractivity (Wildman–Crippen MR) is 38.8 cm³/mol. The van der Waals surface area contributed by atoms with Crippen LogP contribution in [-0.4, -0.2) is 36.1 Å². The molecule has 0 aromatic heterocycles. The molecular weight excluding hydrogens is 132 g/mol. The highest BCUT2D eigenvalue weighted by Crippen LogP contribution is 2.01. The number of hydrogen-bond donors (Lipinski definition) is 2. The van der Waals surface area contributed by atoms with Crippen molar-refractivity contribution in [2.24, 2.45) is 0 Å².